The number of nitrogens with zero attached hydrogens (tertiary/aromatic N) is 2. The molecule has 1 saturated heterocycles. The number of carbonyl (C=O) groups excluding carboxylic acids is 2. The Morgan fingerprint density at radius 2 is 2.06 bits per heavy atom. The second kappa shape index (κ2) is 4.40. The first kappa shape index (κ1) is 11.2. The highest BCUT2D eigenvalue weighted by atomic mass is 16.2. The molecule has 0 radical (unpaired) electrons. The van der Waals surface area contributed by atoms with Gasteiger partial charge in [-0.25, -0.2) is 4.79 Å². The van der Waals surface area contributed by atoms with E-state index in [1.54, 1.807) is 12.4 Å². The van der Waals surface area contributed by atoms with Crippen LogP contribution in [-0.4, -0.2) is 27.9 Å². The third kappa shape index (κ3) is 1.85. The average Bonchev–Trinajstić information content (AvgIpc) is 2.84. The topological polar surface area (TPSA) is 62.3 Å². The van der Waals surface area contributed by atoms with Crippen molar-refractivity contribution in [3.8, 4) is 0 Å². The van der Waals surface area contributed by atoms with Crippen LogP contribution in [0.2, 0.25) is 0 Å². The minimum absolute atomic E-state index is 0.0236. The maximum atomic E-state index is 12.3. The van der Waals surface area contributed by atoms with Gasteiger partial charge in [0.15, 0.2) is 0 Å². The number of carbonyl (C=O) groups is 2. The first-order valence-corrected chi connectivity index (χ1v) is 6.26. The Morgan fingerprint density at radius 1 is 1.28 bits per heavy atom. The molecule has 5 nitrogen and oxygen atoms in total. The number of fused-ring (bicyclic) bond motifs is 1. The molecule has 2 atom stereocenters. The lowest BCUT2D eigenvalue weighted by atomic mass is 9.99. The lowest BCUT2D eigenvalue weighted by Crippen LogP contribution is -2.57. The average molecular weight is 245 g/mol. The Labute approximate surface area is 105 Å². The fourth-order valence-electron chi connectivity index (χ4n) is 2.79. The summed E-state index contributed by atoms with van der Waals surface area (Å²) in [6, 6.07) is 3.43. The van der Waals surface area contributed by atoms with Crippen LogP contribution in [0.5, 0.6) is 0 Å². The summed E-state index contributed by atoms with van der Waals surface area (Å²) in [6.07, 6.45) is 6.16. The van der Waals surface area contributed by atoms with Gasteiger partial charge in [-0.3, -0.25) is 14.7 Å². The summed E-state index contributed by atoms with van der Waals surface area (Å²) >= 11 is 0. The fourth-order valence-corrected chi connectivity index (χ4v) is 2.79. The normalized spacial score (nSPS) is 27.0. The smallest absolute Gasteiger partial charge is 0.324 e. The number of pyridine rings is 1. The standard InChI is InChI=1S/C13H15N3O2/c17-12-10-2-1-3-11(10)15-13(18)16(12)8-9-4-6-14-7-5-9/h4-7,10-11H,1-3,8H2,(H,15,18)/t10-,11+/m0/s1. The van der Waals surface area contributed by atoms with Crippen LogP contribution in [-0.2, 0) is 11.3 Å². The summed E-state index contributed by atoms with van der Waals surface area (Å²) in [5.41, 5.74) is 0.921. The second-order valence-corrected chi connectivity index (χ2v) is 4.87. The molecule has 1 N–H and O–H groups in total. The van der Waals surface area contributed by atoms with Gasteiger partial charge in [0.2, 0.25) is 5.91 Å². The van der Waals surface area contributed by atoms with Crippen molar-refractivity contribution >= 4 is 11.9 Å². The highest BCUT2D eigenvalue weighted by Crippen LogP contribution is 2.31. The summed E-state index contributed by atoms with van der Waals surface area (Å²) in [5, 5.41) is 2.93. The van der Waals surface area contributed by atoms with Crippen LogP contribution in [0.3, 0.4) is 0 Å². The van der Waals surface area contributed by atoms with Crippen molar-refractivity contribution in [1.82, 2.24) is 15.2 Å². The van der Waals surface area contributed by atoms with Gasteiger partial charge < -0.3 is 5.32 Å². The minimum atomic E-state index is -0.264. The van der Waals surface area contributed by atoms with Crippen LogP contribution in [0, 0.1) is 5.92 Å². The summed E-state index contributed by atoms with van der Waals surface area (Å²) in [4.78, 5) is 29.4. The predicted molar refractivity (Wildman–Crippen MR) is 64.4 cm³/mol. The van der Waals surface area contributed by atoms with E-state index in [1.807, 2.05) is 12.1 Å². The number of amides is 3. The van der Waals surface area contributed by atoms with Gasteiger partial charge in [-0.1, -0.05) is 6.42 Å². The molecule has 2 fully saturated rings. The van der Waals surface area contributed by atoms with Gasteiger partial charge in [-0.2, -0.15) is 0 Å². The maximum absolute atomic E-state index is 12.3. The van der Waals surface area contributed by atoms with Crippen LogP contribution >= 0.6 is 0 Å². The molecule has 0 aromatic carbocycles. The molecule has 1 aliphatic carbocycles. The first-order valence-electron chi connectivity index (χ1n) is 6.26. The van der Waals surface area contributed by atoms with E-state index in [9.17, 15) is 9.59 Å². The van der Waals surface area contributed by atoms with Crippen LogP contribution in [0.25, 0.3) is 0 Å². The number of urea groups is 1. The molecule has 0 spiro atoms. The first-order chi connectivity index (χ1) is 8.75. The highest BCUT2D eigenvalue weighted by molar-refractivity contribution is 5.98. The maximum Gasteiger partial charge on any atom is 0.324 e. The van der Waals surface area contributed by atoms with Crippen LogP contribution in [0.15, 0.2) is 24.5 Å². The lowest BCUT2D eigenvalue weighted by Gasteiger charge is -2.33. The van der Waals surface area contributed by atoms with Gasteiger partial charge in [0.05, 0.1) is 12.5 Å². The van der Waals surface area contributed by atoms with Gasteiger partial charge in [0.1, 0.15) is 0 Å². The quantitative estimate of drug-likeness (QED) is 0.854. The summed E-state index contributed by atoms with van der Waals surface area (Å²) in [6.45, 7) is 0.330. The molecule has 5 heteroatoms. The van der Waals surface area contributed by atoms with Crippen LogP contribution < -0.4 is 5.32 Å². The Morgan fingerprint density at radius 3 is 2.83 bits per heavy atom. The molecule has 0 bridgehead atoms. The third-order valence-electron chi connectivity index (χ3n) is 3.74. The van der Waals surface area contributed by atoms with Crippen molar-refractivity contribution in [1.29, 1.82) is 0 Å². The van der Waals surface area contributed by atoms with Crippen molar-refractivity contribution in [3.63, 3.8) is 0 Å². The van der Waals surface area contributed by atoms with Crippen molar-refractivity contribution in [2.75, 3.05) is 0 Å². The van der Waals surface area contributed by atoms with E-state index in [4.69, 9.17) is 0 Å². The van der Waals surface area contributed by atoms with Crippen LogP contribution in [0.4, 0.5) is 4.79 Å². The van der Waals surface area contributed by atoms with Gasteiger partial charge >= 0.3 is 6.03 Å². The van der Waals surface area contributed by atoms with Gasteiger partial charge in [0.25, 0.3) is 0 Å². The molecular weight excluding hydrogens is 230 g/mol. The molecule has 0 unspecified atom stereocenters. The fraction of sp³-hybridized carbons (Fsp3) is 0.462. The van der Waals surface area contributed by atoms with E-state index in [1.165, 1.54) is 4.90 Å². The molecule has 1 aromatic rings. The SMILES string of the molecule is O=C1N[C@@H]2CCC[C@@H]2C(=O)N1Cc1ccncc1. The molecule has 3 amide bonds. The summed E-state index contributed by atoms with van der Waals surface area (Å²) in [5.74, 6) is -0.0531. The predicted octanol–water partition coefficient (Wildman–Crippen LogP) is 1.30. The van der Waals surface area contributed by atoms with Crippen molar-refractivity contribution < 1.29 is 9.59 Å². The molecule has 2 heterocycles. The molecule has 94 valence electrons. The number of rotatable bonds is 2. The van der Waals surface area contributed by atoms with Gasteiger partial charge in [-0.05, 0) is 30.5 Å². The third-order valence-corrected chi connectivity index (χ3v) is 3.74. The Hall–Kier alpha value is -1.91. The van der Waals surface area contributed by atoms with Crippen molar-refractivity contribution in [2.24, 2.45) is 5.92 Å². The highest BCUT2D eigenvalue weighted by Gasteiger charge is 2.43. The number of imide groups is 1. The van der Waals surface area contributed by atoms with E-state index in [0.717, 1.165) is 24.8 Å². The number of hydrogen-bond donors (Lipinski definition) is 1. The lowest BCUT2D eigenvalue weighted by molar-refractivity contribution is -0.135. The molecule has 3 rings (SSSR count). The van der Waals surface area contributed by atoms with Crippen LogP contribution in [0.1, 0.15) is 24.8 Å². The Kier molecular flexibility index (Phi) is 2.74. The zero-order valence-electron chi connectivity index (χ0n) is 10.0. The van der Waals surface area contributed by atoms with Crippen molar-refractivity contribution in [3.05, 3.63) is 30.1 Å². The van der Waals surface area contributed by atoms with E-state index in [2.05, 4.69) is 10.3 Å². The Balaban J connectivity index is 1.79. The second-order valence-electron chi connectivity index (χ2n) is 4.87. The number of hydrogen-bond acceptors (Lipinski definition) is 3. The van der Waals surface area contributed by atoms with Gasteiger partial charge in [0, 0.05) is 18.4 Å². The molecule has 1 saturated carbocycles. The van der Waals surface area contributed by atoms with Gasteiger partial charge in [-0.15, -0.1) is 0 Å². The summed E-state index contributed by atoms with van der Waals surface area (Å²) < 4.78 is 0. The van der Waals surface area contributed by atoms with E-state index in [-0.39, 0.29) is 23.9 Å². The van der Waals surface area contributed by atoms with E-state index >= 15 is 0 Å². The number of aromatic nitrogens is 1. The molecule has 1 aromatic heterocycles. The molecule has 18 heavy (non-hydrogen) atoms. The molecule has 1 aliphatic heterocycles. The summed E-state index contributed by atoms with van der Waals surface area (Å²) in [7, 11) is 0. The van der Waals surface area contributed by atoms with E-state index < -0.39 is 0 Å². The molecular formula is C13H15N3O2. The zero-order chi connectivity index (χ0) is 12.5. The zero-order valence-corrected chi connectivity index (χ0v) is 10.0. The minimum Gasteiger partial charge on any atom is -0.334 e. The Bertz CT molecular complexity index is 474. The monoisotopic (exact) mass is 245 g/mol. The number of nitrogens with one attached hydrogen (secondary N) is 1. The molecule has 2 aliphatic rings. The van der Waals surface area contributed by atoms with Crippen molar-refractivity contribution in [2.45, 2.75) is 31.8 Å². The van der Waals surface area contributed by atoms with E-state index in [0.29, 0.717) is 6.54 Å². The largest absolute Gasteiger partial charge is 0.334 e.